The fourth-order valence-electron chi connectivity index (χ4n) is 4.08. The number of carbonyl (C=O) groups excluding carboxylic acids is 2. The molecule has 0 unspecified atom stereocenters. The highest BCUT2D eigenvalue weighted by Crippen LogP contribution is 2.39. The zero-order chi connectivity index (χ0) is 17.2. The first kappa shape index (κ1) is 16.8. The summed E-state index contributed by atoms with van der Waals surface area (Å²) in [5, 5.41) is 9.88. The molecule has 2 fully saturated rings. The molecule has 0 saturated carbocycles. The maximum Gasteiger partial charge on any atom is 0.227 e. The van der Waals surface area contributed by atoms with Gasteiger partial charge in [0.05, 0.1) is 6.42 Å². The van der Waals surface area contributed by atoms with E-state index in [1.165, 1.54) is 0 Å². The Morgan fingerprint density at radius 3 is 2.79 bits per heavy atom. The van der Waals surface area contributed by atoms with Crippen molar-refractivity contribution in [1.29, 1.82) is 0 Å². The van der Waals surface area contributed by atoms with Gasteiger partial charge in [0.25, 0.3) is 0 Å². The summed E-state index contributed by atoms with van der Waals surface area (Å²) in [5.41, 5.74) is 0.729. The molecule has 1 aromatic carbocycles. The number of likely N-dealkylation sites (tertiary alicyclic amines) is 2. The number of carbonyl (C=O) groups is 2. The van der Waals surface area contributed by atoms with Gasteiger partial charge in [-0.1, -0.05) is 18.2 Å². The van der Waals surface area contributed by atoms with E-state index in [4.69, 9.17) is 0 Å². The first-order valence-corrected chi connectivity index (χ1v) is 8.85. The van der Waals surface area contributed by atoms with Crippen LogP contribution in [0, 0.1) is 5.41 Å². The smallest absolute Gasteiger partial charge is 0.227 e. The molecular formula is C19H26N2O3. The molecule has 1 aromatic rings. The topological polar surface area (TPSA) is 60.9 Å². The van der Waals surface area contributed by atoms with Crippen molar-refractivity contribution in [2.24, 2.45) is 5.41 Å². The third-order valence-electron chi connectivity index (χ3n) is 5.48. The van der Waals surface area contributed by atoms with Gasteiger partial charge in [0.2, 0.25) is 11.8 Å². The fraction of sp³-hybridized carbons (Fsp3) is 0.579. The Labute approximate surface area is 143 Å². The van der Waals surface area contributed by atoms with Gasteiger partial charge in [-0.3, -0.25) is 9.59 Å². The van der Waals surface area contributed by atoms with Gasteiger partial charge in [-0.25, -0.2) is 0 Å². The van der Waals surface area contributed by atoms with Gasteiger partial charge in [0, 0.05) is 43.6 Å². The third-order valence-corrected chi connectivity index (χ3v) is 5.48. The summed E-state index contributed by atoms with van der Waals surface area (Å²) >= 11 is 0. The number of rotatable bonds is 3. The van der Waals surface area contributed by atoms with Crippen LogP contribution in [0.25, 0.3) is 0 Å². The molecule has 2 aliphatic rings. The molecule has 2 saturated heterocycles. The van der Waals surface area contributed by atoms with Crippen molar-refractivity contribution in [2.75, 3.05) is 26.2 Å². The second-order valence-corrected chi connectivity index (χ2v) is 7.13. The van der Waals surface area contributed by atoms with Gasteiger partial charge in [0.1, 0.15) is 5.75 Å². The van der Waals surface area contributed by atoms with Crippen molar-refractivity contribution >= 4 is 11.8 Å². The standard InChI is InChI=1S/C19H26N2O3/c1-2-20-13-19(10-8-17(20)23)9-5-11-21(14-19)18(24)12-15-6-3-4-7-16(15)22/h3-4,6-7,22H,2,5,8-14H2,1H3/t19-/m0/s1. The number of benzene rings is 1. The van der Waals surface area contributed by atoms with Gasteiger partial charge in [-0.15, -0.1) is 0 Å². The van der Waals surface area contributed by atoms with Crippen LogP contribution < -0.4 is 0 Å². The van der Waals surface area contributed by atoms with Crippen LogP contribution in [0.5, 0.6) is 5.75 Å². The minimum atomic E-state index is 0.0521. The van der Waals surface area contributed by atoms with Crippen LogP contribution in [0.1, 0.15) is 38.2 Å². The minimum Gasteiger partial charge on any atom is -0.508 e. The van der Waals surface area contributed by atoms with E-state index in [1.54, 1.807) is 18.2 Å². The summed E-state index contributed by atoms with van der Waals surface area (Å²) < 4.78 is 0. The minimum absolute atomic E-state index is 0.0521. The van der Waals surface area contributed by atoms with Crippen molar-refractivity contribution in [1.82, 2.24) is 9.80 Å². The molecule has 1 N–H and O–H groups in total. The summed E-state index contributed by atoms with van der Waals surface area (Å²) in [6.07, 6.45) is 3.77. The Morgan fingerprint density at radius 2 is 2.04 bits per heavy atom. The van der Waals surface area contributed by atoms with Crippen molar-refractivity contribution in [2.45, 2.75) is 39.0 Å². The molecule has 0 bridgehead atoms. The number of piperidine rings is 2. The van der Waals surface area contributed by atoms with Gasteiger partial charge in [-0.05, 0) is 32.3 Å². The summed E-state index contributed by atoms with van der Waals surface area (Å²) in [4.78, 5) is 28.5. The Morgan fingerprint density at radius 1 is 1.25 bits per heavy atom. The molecule has 2 aliphatic heterocycles. The highest BCUT2D eigenvalue weighted by molar-refractivity contribution is 5.80. The average Bonchev–Trinajstić information content (AvgIpc) is 2.59. The Hall–Kier alpha value is -2.04. The van der Waals surface area contributed by atoms with E-state index in [9.17, 15) is 14.7 Å². The molecule has 2 amide bonds. The van der Waals surface area contributed by atoms with Crippen LogP contribution in [0.15, 0.2) is 24.3 Å². The monoisotopic (exact) mass is 330 g/mol. The number of phenolic OH excluding ortho intramolecular Hbond substituents is 1. The largest absolute Gasteiger partial charge is 0.508 e. The van der Waals surface area contributed by atoms with Gasteiger partial charge >= 0.3 is 0 Å². The predicted molar refractivity (Wildman–Crippen MR) is 91.5 cm³/mol. The van der Waals surface area contributed by atoms with Crippen molar-refractivity contribution < 1.29 is 14.7 Å². The number of amides is 2. The summed E-state index contributed by atoms with van der Waals surface area (Å²) in [5.74, 6) is 0.481. The Kier molecular flexibility index (Phi) is 4.78. The van der Waals surface area contributed by atoms with E-state index in [2.05, 4.69) is 0 Å². The zero-order valence-electron chi connectivity index (χ0n) is 14.3. The third kappa shape index (κ3) is 3.40. The predicted octanol–water partition coefficient (Wildman–Crippen LogP) is 2.19. The molecule has 2 heterocycles. The van der Waals surface area contributed by atoms with Crippen LogP contribution in [-0.2, 0) is 16.0 Å². The molecular weight excluding hydrogens is 304 g/mol. The number of phenols is 1. The van der Waals surface area contributed by atoms with E-state index in [-0.39, 0.29) is 29.4 Å². The molecule has 24 heavy (non-hydrogen) atoms. The number of para-hydroxylation sites is 1. The second kappa shape index (κ2) is 6.83. The summed E-state index contributed by atoms with van der Waals surface area (Å²) in [7, 11) is 0. The van der Waals surface area contributed by atoms with E-state index in [0.717, 1.165) is 45.4 Å². The van der Waals surface area contributed by atoms with Crippen LogP contribution in [0.3, 0.4) is 0 Å². The molecule has 5 heteroatoms. The maximum absolute atomic E-state index is 12.7. The van der Waals surface area contributed by atoms with E-state index < -0.39 is 0 Å². The van der Waals surface area contributed by atoms with Crippen molar-refractivity contribution in [3.05, 3.63) is 29.8 Å². The maximum atomic E-state index is 12.7. The lowest BCUT2D eigenvalue weighted by molar-refractivity contribution is -0.142. The van der Waals surface area contributed by atoms with Crippen LogP contribution in [0.4, 0.5) is 0 Å². The van der Waals surface area contributed by atoms with E-state index in [0.29, 0.717) is 12.0 Å². The molecule has 130 valence electrons. The molecule has 1 atom stereocenters. The highest BCUT2D eigenvalue weighted by Gasteiger charge is 2.42. The van der Waals surface area contributed by atoms with Gasteiger partial charge < -0.3 is 14.9 Å². The quantitative estimate of drug-likeness (QED) is 0.924. The summed E-state index contributed by atoms with van der Waals surface area (Å²) in [6.45, 7) is 5.02. The lowest BCUT2D eigenvalue weighted by atomic mass is 9.73. The SMILES string of the molecule is CCN1C[C@]2(CCCN(C(=O)Cc3ccccc3O)C2)CCC1=O. The Balaban J connectivity index is 1.68. The van der Waals surface area contributed by atoms with Crippen molar-refractivity contribution in [3.63, 3.8) is 0 Å². The van der Waals surface area contributed by atoms with E-state index >= 15 is 0 Å². The molecule has 5 nitrogen and oxygen atoms in total. The van der Waals surface area contributed by atoms with Gasteiger partial charge in [-0.2, -0.15) is 0 Å². The number of hydrogen-bond acceptors (Lipinski definition) is 3. The molecule has 0 aliphatic carbocycles. The number of hydrogen-bond donors (Lipinski definition) is 1. The van der Waals surface area contributed by atoms with Gasteiger partial charge in [0.15, 0.2) is 0 Å². The average molecular weight is 330 g/mol. The molecule has 3 rings (SSSR count). The normalized spacial score (nSPS) is 24.5. The van der Waals surface area contributed by atoms with Crippen LogP contribution >= 0.6 is 0 Å². The second-order valence-electron chi connectivity index (χ2n) is 7.13. The lowest BCUT2D eigenvalue weighted by Gasteiger charge is -2.48. The molecule has 1 spiro atoms. The van der Waals surface area contributed by atoms with E-state index in [1.807, 2.05) is 22.8 Å². The first-order valence-electron chi connectivity index (χ1n) is 8.85. The zero-order valence-corrected chi connectivity index (χ0v) is 14.3. The summed E-state index contributed by atoms with van der Waals surface area (Å²) in [6, 6.07) is 7.01. The number of aromatic hydroxyl groups is 1. The molecule has 0 aromatic heterocycles. The van der Waals surface area contributed by atoms with Crippen LogP contribution in [-0.4, -0.2) is 52.9 Å². The highest BCUT2D eigenvalue weighted by atomic mass is 16.3. The fourth-order valence-corrected chi connectivity index (χ4v) is 4.08. The van der Waals surface area contributed by atoms with Crippen LogP contribution in [0.2, 0.25) is 0 Å². The first-order chi connectivity index (χ1) is 11.5. The molecule has 0 radical (unpaired) electrons. The lowest BCUT2D eigenvalue weighted by Crippen LogP contribution is -2.55. The number of nitrogens with zero attached hydrogens (tertiary/aromatic N) is 2. The Bertz CT molecular complexity index is 631. The van der Waals surface area contributed by atoms with Crippen molar-refractivity contribution in [3.8, 4) is 5.75 Å².